The monoisotopic (exact) mass is 517 g/mol. The standard InChI is InChI=1S/C25H21F2N9S/c26-19-8-4-16(5-9-19)14-29-22-32-23(30-15-17-6-10-20(27)11-7-17)34-24(33-22)35-36-25(37)31-21-3-1-2-18(12-21)13-28/h1-12H,14-15H2,(H2,31,36,37)(H3,29,30,32,33,34,35). The largest absolute Gasteiger partial charge is 0.350 e. The van der Waals surface area contributed by atoms with Crippen LogP contribution in [-0.2, 0) is 13.1 Å². The lowest BCUT2D eigenvalue weighted by molar-refractivity contribution is 0.626. The van der Waals surface area contributed by atoms with Crippen molar-refractivity contribution in [3.63, 3.8) is 0 Å². The zero-order valence-electron chi connectivity index (χ0n) is 19.3. The zero-order valence-corrected chi connectivity index (χ0v) is 20.1. The van der Waals surface area contributed by atoms with Crippen LogP contribution in [0.2, 0.25) is 0 Å². The molecule has 0 saturated heterocycles. The van der Waals surface area contributed by atoms with Crippen molar-refractivity contribution in [1.82, 2.24) is 20.4 Å². The smallest absolute Gasteiger partial charge is 0.248 e. The van der Waals surface area contributed by atoms with Crippen molar-refractivity contribution in [1.29, 1.82) is 5.26 Å². The Balaban J connectivity index is 1.44. The van der Waals surface area contributed by atoms with Crippen LogP contribution in [0.1, 0.15) is 16.7 Å². The number of hydrogen-bond donors (Lipinski definition) is 5. The first kappa shape index (κ1) is 25.2. The molecule has 37 heavy (non-hydrogen) atoms. The van der Waals surface area contributed by atoms with Gasteiger partial charge in [-0.1, -0.05) is 30.3 Å². The highest BCUT2D eigenvalue weighted by atomic mass is 32.1. The van der Waals surface area contributed by atoms with E-state index < -0.39 is 0 Å². The molecule has 0 aliphatic carbocycles. The molecule has 1 heterocycles. The van der Waals surface area contributed by atoms with Crippen LogP contribution in [0.15, 0.2) is 72.8 Å². The van der Waals surface area contributed by atoms with Crippen molar-refractivity contribution in [2.75, 3.05) is 21.4 Å². The Labute approximate surface area is 217 Å². The first-order valence-electron chi connectivity index (χ1n) is 11.0. The summed E-state index contributed by atoms with van der Waals surface area (Å²) in [5.74, 6) is 0.0279. The third kappa shape index (κ3) is 7.81. The summed E-state index contributed by atoms with van der Waals surface area (Å²) < 4.78 is 26.4. The number of halogens is 2. The van der Waals surface area contributed by atoms with E-state index in [9.17, 15) is 8.78 Å². The Kier molecular flexibility index (Phi) is 8.30. The number of anilines is 4. The van der Waals surface area contributed by atoms with Crippen LogP contribution in [0.25, 0.3) is 0 Å². The van der Waals surface area contributed by atoms with Crippen molar-refractivity contribution in [3.05, 3.63) is 101 Å². The molecule has 0 aliphatic rings. The maximum atomic E-state index is 13.2. The Hall–Kier alpha value is -4.89. The number of nitrogens with one attached hydrogen (secondary N) is 5. The van der Waals surface area contributed by atoms with Gasteiger partial charge in [0.1, 0.15) is 11.6 Å². The van der Waals surface area contributed by atoms with Gasteiger partial charge in [-0.3, -0.25) is 10.9 Å². The number of hydrazine groups is 1. The number of nitrogens with zero attached hydrogens (tertiary/aromatic N) is 4. The molecule has 1 aromatic heterocycles. The lowest BCUT2D eigenvalue weighted by Crippen LogP contribution is -2.34. The average molecular weight is 518 g/mol. The van der Waals surface area contributed by atoms with Gasteiger partial charge in [0, 0.05) is 18.8 Å². The summed E-state index contributed by atoms with van der Waals surface area (Å²) in [4.78, 5) is 13.0. The molecule has 0 radical (unpaired) electrons. The molecule has 0 spiro atoms. The molecule has 3 aromatic carbocycles. The second-order valence-electron chi connectivity index (χ2n) is 7.66. The van der Waals surface area contributed by atoms with Gasteiger partial charge in [0.05, 0.1) is 11.6 Å². The quantitative estimate of drug-likeness (QED) is 0.160. The van der Waals surface area contributed by atoms with Crippen LogP contribution in [-0.4, -0.2) is 20.1 Å². The second kappa shape index (κ2) is 12.2. The van der Waals surface area contributed by atoms with E-state index in [1.165, 1.54) is 24.3 Å². The Morgan fingerprint density at radius 2 is 1.32 bits per heavy atom. The fourth-order valence-corrected chi connectivity index (χ4v) is 3.27. The van der Waals surface area contributed by atoms with Gasteiger partial charge in [-0.15, -0.1) is 0 Å². The number of nitriles is 1. The van der Waals surface area contributed by atoms with Crippen molar-refractivity contribution < 1.29 is 8.78 Å². The van der Waals surface area contributed by atoms with E-state index in [1.807, 2.05) is 0 Å². The number of aromatic nitrogens is 3. The van der Waals surface area contributed by atoms with Crippen LogP contribution in [0.4, 0.5) is 32.3 Å². The van der Waals surface area contributed by atoms with Gasteiger partial charge in [-0.2, -0.15) is 20.2 Å². The normalized spacial score (nSPS) is 10.2. The molecule has 0 fully saturated rings. The molecule has 4 aromatic rings. The molecule has 0 saturated carbocycles. The first-order chi connectivity index (χ1) is 18.0. The van der Waals surface area contributed by atoms with Crippen molar-refractivity contribution >= 4 is 40.9 Å². The molecule has 0 amide bonds. The van der Waals surface area contributed by atoms with E-state index in [0.29, 0.717) is 24.3 Å². The minimum atomic E-state index is -0.322. The summed E-state index contributed by atoms with van der Waals surface area (Å²) in [7, 11) is 0. The lowest BCUT2D eigenvalue weighted by atomic mass is 10.2. The molecular formula is C25H21F2N9S. The summed E-state index contributed by atoms with van der Waals surface area (Å²) >= 11 is 5.30. The molecular weight excluding hydrogens is 496 g/mol. The van der Waals surface area contributed by atoms with Crippen molar-refractivity contribution in [3.8, 4) is 6.07 Å². The fraction of sp³-hybridized carbons (Fsp3) is 0.0800. The highest BCUT2D eigenvalue weighted by Crippen LogP contribution is 2.13. The maximum Gasteiger partial charge on any atom is 0.248 e. The van der Waals surface area contributed by atoms with E-state index in [4.69, 9.17) is 17.5 Å². The van der Waals surface area contributed by atoms with Crippen molar-refractivity contribution in [2.24, 2.45) is 0 Å². The second-order valence-corrected chi connectivity index (χ2v) is 8.07. The van der Waals surface area contributed by atoms with E-state index in [2.05, 4.69) is 47.8 Å². The number of hydrogen-bond acceptors (Lipinski definition) is 8. The van der Waals surface area contributed by atoms with Crippen LogP contribution in [0.3, 0.4) is 0 Å². The third-order valence-corrected chi connectivity index (χ3v) is 5.10. The van der Waals surface area contributed by atoms with Gasteiger partial charge in [0.15, 0.2) is 5.11 Å². The van der Waals surface area contributed by atoms with Gasteiger partial charge in [0.25, 0.3) is 0 Å². The summed E-state index contributed by atoms with van der Waals surface area (Å²) in [6.07, 6.45) is 0. The van der Waals surface area contributed by atoms with E-state index in [-0.39, 0.29) is 34.6 Å². The van der Waals surface area contributed by atoms with E-state index in [1.54, 1.807) is 48.5 Å². The average Bonchev–Trinajstić information content (AvgIpc) is 2.91. The molecule has 4 rings (SSSR count). The molecule has 0 bridgehead atoms. The number of thiocarbonyl (C=S) groups is 1. The highest BCUT2D eigenvalue weighted by Gasteiger charge is 2.08. The maximum absolute atomic E-state index is 13.2. The van der Waals surface area contributed by atoms with Gasteiger partial charge in [-0.05, 0) is 65.8 Å². The molecule has 186 valence electrons. The number of benzene rings is 3. The molecule has 0 atom stereocenters. The predicted molar refractivity (Wildman–Crippen MR) is 141 cm³/mol. The molecule has 0 unspecified atom stereocenters. The molecule has 9 nitrogen and oxygen atoms in total. The van der Waals surface area contributed by atoms with Crippen LogP contribution in [0.5, 0.6) is 0 Å². The summed E-state index contributed by atoms with van der Waals surface area (Å²) in [5.41, 5.74) is 8.42. The summed E-state index contributed by atoms with van der Waals surface area (Å²) in [6, 6.07) is 21.0. The number of rotatable bonds is 9. The van der Waals surface area contributed by atoms with E-state index >= 15 is 0 Å². The molecule has 5 N–H and O–H groups in total. The highest BCUT2D eigenvalue weighted by molar-refractivity contribution is 7.80. The minimum Gasteiger partial charge on any atom is -0.350 e. The lowest BCUT2D eigenvalue weighted by Gasteiger charge is -2.14. The first-order valence-corrected chi connectivity index (χ1v) is 11.4. The van der Waals surface area contributed by atoms with Gasteiger partial charge < -0.3 is 16.0 Å². The SMILES string of the molecule is N#Cc1cccc(NC(=S)NNc2nc(NCc3ccc(F)cc3)nc(NCc3ccc(F)cc3)n2)c1. The van der Waals surface area contributed by atoms with E-state index in [0.717, 1.165) is 11.1 Å². The Bertz CT molecular complexity index is 1340. The van der Waals surface area contributed by atoms with Crippen LogP contribution in [0, 0.1) is 23.0 Å². The Morgan fingerprint density at radius 1 is 0.784 bits per heavy atom. The third-order valence-electron chi connectivity index (χ3n) is 4.90. The Morgan fingerprint density at radius 3 is 1.86 bits per heavy atom. The van der Waals surface area contributed by atoms with Gasteiger partial charge in [0.2, 0.25) is 17.8 Å². The molecule has 12 heteroatoms. The van der Waals surface area contributed by atoms with Gasteiger partial charge >= 0.3 is 0 Å². The summed E-state index contributed by atoms with van der Waals surface area (Å²) in [6.45, 7) is 0.702. The predicted octanol–water partition coefficient (Wildman–Crippen LogP) is 4.56. The van der Waals surface area contributed by atoms with Gasteiger partial charge in [-0.25, -0.2) is 8.78 Å². The summed E-state index contributed by atoms with van der Waals surface area (Å²) in [5, 5.41) is 18.4. The van der Waals surface area contributed by atoms with Crippen molar-refractivity contribution in [2.45, 2.75) is 13.1 Å². The van der Waals surface area contributed by atoms with Crippen LogP contribution >= 0.6 is 12.2 Å². The minimum absolute atomic E-state index is 0.160. The zero-order chi connectivity index (χ0) is 26.0. The molecule has 0 aliphatic heterocycles. The fourth-order valence-electron chi connectivity index (χ4n) is 3.10. The van der Waals surface area contributed by atoms with Crippen LogP contribution < -0.4 is 26.8 Å². The topological polar surface area (TPSA) is 123 Å².